The fraction of sp³-hybridized carbons (Fsp3) is 0.364. The van der Waals surface area contributed by atoms with Gasteiger partial charge in [-0.1, -0.05) is 36.4 Å². The van der Waals surface area contributed by atoms with Crippen molar-refractivity contribution in [2.24, 2.45) is 0 Å². The number of para-hydroxylation sites is 1. The Bertz CT molecular complexity index is 1010. The lowest BCUT2D eigenvalue weighted by Crippen LogP contribution is -2.47. The smallest absolute Gasteiger partial charge is 0.309 e. The minimum absolute atomic E-state index is 0.0881. The lowest BCUT2D eigenvalue weighted by atomic mass is 10.1. The second kappa shape index (κ2) is 10.4. The van der Waals surface area contributed by atoms with Gasteiger partial charge in [-0.25, -0.2) is 8.42 Å². The summed E-state index contributed by atoms with van der Waals surface area (Å²) in [6, 6.07) is 15.3. The van der Waals surface area contributed by atoms with E-state index in [0.717, 1.165) is 11.3 Å². The molecule has 8 nitrogen and oxygen atoms in total. The molecule has 1 saturated heterocycles. The van der Waals surface area contributed by atoms with Gasteiger partial charge in [0.15, 0.2) is 0 Å². The maximum Gasteiger partial charge on any atom is 0.309 e. The molecule has 0 unspecified atom stereocenters. The van der Waals surface area contributed by atoms with Crippen molar-refractivity contribution in [3.63, 3.8) is 0 Å². The van der Waals surface area contributed by atoms with Crippen LogP contribution in [0, 0.1) is 0 Å². The molecule has 0 saturated carbocycles. The highest BCUT2D eigenvalue weighted by Crippen LogP contribution is 2.25. The van der Waals surface area contributed by atoms with Gasteiger partial charge >= 0.3 is 11.8 Å². The van der Waals surface area contributed by atoms with Gasteiger partial charge in [0.1, 0.15) is 5.75 Å². The first-order valence-corrected chi connectivity index (χ1v) is 11.6. The van der Waals surface area contributed by atoms with Gasteiger partial charge < -0.3 is 15.4 Å². The summed E-state index contributed by atoms with van der Waals surface area (Å²) in [4.78, 5) is 24.5. The molecule has 2 aromatic rings. The third kappa shape index (κ3) is 5.62. The van der Waals surface area contributed by atoms with Gasteiger partial charge in [0.05, 0.1) is 12.0 Å². The number of rotatable bonds is 8. The van der Waals surface area contributed by atoms with Gasteiger partial charge in [-0.15, -0.1) is 0 Å². The highest BCUT2D eigenvalue weighted by Gasteiger charge is 2.35. The standard InChI is InChI=1S/C22H27N3O5S/c1-30-20-12-6-5-8-17(20)13-14-23-21(26)22(27)24-16-18-9-7-15-25(18)31(28,29)19-10-3-2-4-11-19/h2-6,8,10-12,18H,7,9,13-16H2,1H3,(H,23,26)(H,24,27)/t18-/m0/s1. The van der Waals surface area contributed by atoms with E-state index in [1.807, 2.05) is 24.3 Å². The van der Waals surface area contributed by atoms with E-state index in [9.17, 15) is 18.0 Å². The second-order valence-electron chi connectivity index (χ2n) is 7.25. The molecule has 0 aromatic heterocycles. The van der Waals surface area contributed by atoms with Gasteiger partial charge in [-0.05, 0) is 43.0 Å². The van der Waals surface area contributed by atoms with Gasteiger partial charge in [0.2, 0.25) is 10.0 Å². The molecule has 1 aliphatic rings. The SMILES string of the molecule is COc1ccccc1CCNC(=O)C(=O)NC[C@@H]1CCCN1S(=O)(=O)c1ccccc1. The summed E-state index contributed by atoms with van der Waals surface area (Å²) in [5, 5.41) is 5.15. The maximum atomic E-state index is 12.9. The molecule has 9 heteroatoms. The zero-order chi connectivity index (χ0) is 22.3. The predicted octanol–water partition coefficient (Wildman–Crippen LogP) is 1.32. The van der Waals surface area contributed by atoms with Crippen LogP contribution in [0.1, 0.15) is 18.4 Å². The largest absolute Gasteiger partial charge is 0.496 e. The van der Waals surface area contributed by atoms with E-state index in [1.54, 1.807) is 37.4 Å². The molecule has 2 aromatic carbocycles. The summed E-state index contributed by atoms with van der Waals surface area (Å²) >= 11 is 0. The van der Waals surface area contributed by atoms with E-state index in [2.05, 4.69) is 10.6 Å². The van der Waals surface area contributed by atoms with E-state index in [0.29, 0.717) is 25.8 Å². The van der Waals surface area contributed by atoms with Crippen molar-refractivity contribution < 1.29 is 22.7 Å². The number of carbonyl (C=O) groups is 2. The maximum absolute atomic E-state index is 12.9. The molecule has 0 aliphatic carbocycles. The summed E-state index contributed by atoms with van der Waals surface area (Å²) in [7, 11) is -2.06. The van der Waals surface area contributed by atoms with Gasteiger partial charge in [-0.2, -0.15) is 4.31 Å². The molecule has 0 radical (unpaired) electrons. The van der Waals surface area contributed by atoms with Crippen molar-refractivity contribution in [1.82, 2.24) is 14.9 Å². The first-order chi connectivity index (χ1) is 14.9. The Hall–Kier alpha value is -2.91. The first-order valence-electron chi connectivity index (χ1n) is 10.2. The molecule has 2 amide bonds. The monoisotopic (exact) mass is 445 g/mol. The Morgan fingerprint density at radius 1 is 1.03 bits per heavy atom. The number of sulfonamides is 1. The molecule has 0 spiro atoms. The van der Waals surface area contributed by atoms with Crippen LogP contribution in [0.5, 0.6) is 5.75 Å². The highest BCUT2D eigenvalue weighted by molar-refractivity contribution is 7.89. The van der Waals surface area contributed by atoms with Crippen LogP contribution in [0.25, 0.3) is 0 Å². The molecule has 31 heavy (non-hydrogen) atoms. The Morgan fingerprint density at radius 3 is 2.45 bits per heavy atom. The average molecular weight is 446 g/mol. The van der Waals surface area contributed by atoms with E-state index >= 15 is 0 Å². The van der Waals surface area contributed by atoms with Crippen LogP contribution in [-0.2, 0) is 26.0 Å². The molecule has 1 atom stereocenters. The number of hydrogen-bond acceptors (Lipinski definition) is 5. The van der Waals surface area contributed by atoms with Crippen LogP contribution >= 0.6 is 0 Å². The number of nitrogens with one attached hydrogen (secondary N) is 2. The lowest BCUT2D eigenvalue weighted by molar-refractivity contribution is -0.139. The normalized spacial score (nSPS) is 16.6. The molecule has 1 heterocycles. The van der Waals surface area contributed by atoms with Crippen molar-refractivity contribution in [3.05, 3.63) is 60.2 Å². The molecule has 1 aliphatic heterocycles. The van der Waals surface area contributed by atoms with Crippen molar-refractivity contribution in [3.8, 4) is 5.75 Å². The molecule has 2 N–H and O–H groups in total. The summed E-state index contributed by atoms with van der Waals surface area (Å²) in [6.45, 7) is 0.762. The van der Waals surface area contributed by atoms with Crippen molar-refractivity contribution >= 4 is 21.8 Å². The van der Waals surface area contributed by atoms with Gasteiger partial charge in [-0.3, -0.25) is 9.59 Å². The molecule has 166 valence electrons. The zero-order valence-electron chi connectivity index (χ0n) is 17.4. The van der Waals surface area contributed by atoms with Crippen LogP contribution in [0.4, 0.5) is 0 Å². The minimum Gasteiger partial charge on any atom is -0.496 e. The quantitative estimate of drug-likeness (QED) is 0.597. The summed E-state index contributed by atoms with van der Waals surface area (Å²) < 4.78 is 32.4. The Balaban J connectivity index is 1.49. The highest BCUT2D eigenvalue weighted by atomic mass is 32.2. The summed E-state index contributed by atoms with van der Waals surface area (Å²) in [5.74, 6) is -0.795. The Kier molecular flexibility index (Phi) is 7.64. The van der Waals surface area contributed by atoms with Crippen LogP contribution in [0.15, 0.2) is 59.5 Å². The van der Waals surface area contributed by atoms with Crippen LogP contribution in [-0.4, -0.2) is 57.3 Å². The Labute approximate surface area is 182 Å². The second-order valence-corrected chi connectivity index (χ2v) is 9.14. The molecule has 1 fully saturated rings. The van der Waals surface area contributed by atoms with Crippen molar-refractivity contribution in [2.75, 3.05) is 26.7 Å². The van der Waals surface area contributed by atoms with Crippen LogP contribution in [0.3, 0.4) is 0 Å². The number of amides is 2. The molecule has 0 bridgehead atoms. The zero-order valence-corrected chi connectivity index (χ0v) is 18.2. The molecule has 3 rings (SSSR count). The van der Waals surface area contributed by atoms with E-state index in [1.165, 1.54) is 4.31 Å². The van der Waals surface area contributed by atoms with Crippen molar-refractivity contribution in [2.45, 2.75) is 30.2 Å². The lowest BCUT2D eigenvalue weighted by Gasteiger charge is -2.24. The van der Waals surface area contributed by atoms with E-state index in [4.69, 9.17) is 4.74 Å². The first kappa shape index (κ1) is 22.8. The minimum atomic E-state index is -3.64. The average Bonchev–Trinajstić information content (AvgIpc) is 3.28. The number of methoxy groups -OCH3 is 1. The Morgan fingerprint density at radius 2 is 1.71 bits per heavy atom. The number of carbonyl (C=O) groups excluding carboxylic acids is 2. The molecular formula is C22H27N3O5S. The van der Waals surface area contributed by atoms with Crippen LogP contribution < -0.4 is 15.4 Å². The number of nitrogens with zero attached hydrogens (tertiary/aromatic N) is 1. The summed E-state index contributed by atoms with van der Waals surface area (Å²) in [6.07, 6.45) is 1.86. The fourth-order valence-electron chi connectivity index (χ4n) is 3.65. The topological polar surface area (TPSA) is 105 Å². The van der Waals surface area contributed by atoms with Gasteiger partial charge in [0.25, 0.3) is 0 Å². The number of hydrogen-bond donors (Lipinski definition) is 2. The van der Waals surface area contributed by atoms with Crippen molar-refractivity contribution in [1.29, 1.82) is 0 Å². The summed E-state index contributed by atoms with van der Waals surface area (Å²) in [5.41, 5.74) is 0.929. The third-order valence-electron chi connectivity index (χ3n) is 5.25. The predicted molar refractivity (Wildman–Crippen MR) is 116 cm³/mol. The van der Waals surface area contributed by atoms with Crippen LogP contribution in [0.2, 0.25) is 0 Å². The van der Waals surface area contributed by atoms with E-state index < -0.39 is 21.8 Å². The van der Waals surface area contributed by atoms with Gasteiger partial charge in [0, 0.05) is 25.7 Å². The molecular weight excluding hydrogens is 418 g/mol. The number of ether oxygens (including phenoxy) is 1. The third-order valence-corrected chi connectivity index (χ3v) is 7.22. The fourth-order valence-corrected chi connectivity index (χ4v) is 5.36. The number of benzene rings is 2. The van der Waals surface area contributed by atoms with E-state index in [-0.39, 0.29) is 24.0 Å².